The van der Waals surface area contributed by atoms with E-state index in [4.69, 9.17) is 10.5 Å². The van der Waals surface area contributed by atoms with Crippen molar-refractivity contribution >= 4 is 12.0 Å². The minimum absolute atomic E-state index is 0.00326. The number of nitrogens with two attached hydrogens (primary N) is 1. The Morgan fingerprint density at radius 3 is 2.52 bits per heavy atom. The molecule has 1 heterocycles. The summed E-state index contributed by atoms with van der Waals surface area (Å²) in [6, 6.07) is 0.140. The van der Waals surface area contributed by atoms with E-state index >= 15 is 0 Å². The number of rotatable bonds is 5. The Kier molecular flexibility index (Phi) is 7.28. The Hall–Kier alpha value is -1.34. The monoisotopic (exact) mass is 328 g/mol. The maximum absolute atomic E-state index is 12.2. The molecule has 7 nitrogen and oxygen atoms in total. The number of hydrogen-bond acceptors (Lipinski definition) is 5. The van der Waals surface area contributed by atoms with Crippen LogP contribution in [0.15, 0.2) is 0 Å². The topological polar surface area (TPSA) is 87.9 Å². The number of piperazine rings is 1. The first-order valence-electron chi connectivity index (χ1n) is 8.37. The lowest BCUT2D eigenvalue weighted by Gasteiger charge is -2.40. The van der Waals surface area contributed by atoms with Crippen LogP contribution in [-0.2, 0) is 9.53 Å². The molecule has 0 radical (unpaired) electrons. The average molecular weight is 328 g/mol. The lowest BCUT2D eigenvalue weighted by atomic mass is 10.1. The van der Waals surface area contributed by atoms with E-state index in [0.717, 1.165) is 6.42 Å². The SMILES string of the molecule is CCC(C)NC(=O)CN1CCN(C(=O)OC(C)(C)C)CC1CN. The van der Waals surface area contributed by atoms with Gasteiger partial charge in [0.15, 0.2) is 0 Å². The van der Waals surface area contributed by atoms with Crippen LogP contribution in [0.25, 0.3) is 0 Å². The van der Waals surface area contributed by atoms with Gasteiger partial charge in [-0.15, -0.1) is 0 Å². The van der Waals surface area contributed by atoms with Crippen LogP contribution in [0.3, 0.4) is 0 Å². The van der Waals surface area contributed by atoms with Gasteiger partial charge < -0.3 is 20.7 Å². The highest BCUT2D eigenvalue weighted by Crippen LogP contribution is 2.14. The molecule has 0 aromatic carbocycles. The molecule has 0 aromatic rings. The molecule has 0 aliphatic carbocycles. The van der Waals surface area contributed by atoms with Crippen molar-refractivity contribution in [3.63, 3.8) is 0 Å². The largest absolute Gasteiger partial charge is 0.444 e. The average Bonchev–Trinajstić information content (AvgIpc) is 2.45. The van der Waals surface area contributed by atoms with Crippen LogP contribution in [0.4, 0.5) is 4.79 Å². The van der Waals surface area contributed by atoms with Gasteiger partial charge in [-0.2, -0.15) is 0 Å². The third-order valence-electron chi connectivity index (χ3n) is 3.89. The Morgan fingerprint density at radius 2 is 2.00 bits per heavy atom. The second-order valence-electron chi connectivity index (χ2n) is 7.16. The second kappa shape index (κ2) is 8.49. The Morgan fingerprint density at radius 1 is 1.35 bits per heavy atom. The van der Waals surface area contributed by atoms with Crippen molar-refractivity contribution in [2.45, 2.75) is 58.7 Å². The highest BCUT2D eigenvalue weighted by atomic mass is 16.6. The maximum atomic E-state index is 12.2. The van der Waals surface area contributed by atoms with Crippen LogP contribution in [0.2, 0.25) is 0 Å². The number of ether oxygens (including phenoxy) is 1. The summed E-state index contributed by atoms with van der Waals surface area (Å²) in [5.41, 5.74) is 5.32. The minimum atomic E-state index is -0.511. The number of carbonyl (C=O) groups excluding carboxylic acids is 2. The summed E-state index contributed by atoms with van der Waals surface area (Å²) in [5.74, 6) is 0.00326. The number of amides is 2. The third-order valence-corrected chi connectivity index (χ3v) is 3.89. The van der Waals surface area contributed by atoms with Crippen LogP contribution in [0, 0.1) is 0 Å². The molecule has 134 valence electrons. The van der Waals surface area contributed by atoms with Crippen LogP contribution in [0.5, 0.6) is 0 Å². The molecule has 2 amide bonds. The Bertz CT molecular complexity index is 409. The van der Waals surface area contributed by atoms with Gasteiger partial charge in [-0.05, 0) is 34.1 Å². The molecule has 23 heavy (non-hydrogen) atoms. The van der Waals surface area contributed by atoms with Crippen LogP contribution in [0.1, 0.15) is 41.0 Å². The van der Waals surface area contributed by atoms with E-state index in [1.807, 2.05) is 39.5 Å². The molecule has 1 saturated heterocycles. The van der Waals surface area contributed by atoms with E-state index in [9.17, 15) is 9.59 Å². The molecule has 3 N–H and O–H groups in total. The van der Waals surface area contributed by atoms with E-state index < -0.39 is 5.60 Å². The normalized spacial score (nSPS) is 21.0. The van der Waals surface area contributed by atoms with E-state index in [2.05, 4.69) is 5.32 Å². The molecule has 2 atom stereocenters. The van der Waals surface area contributed by atoms with Crippen molar-refractivity contribution in [2.24, 2.45) is 5.73 Å². The summed E-state index contributed by atoms with van der Waals surface area (Å²) in [4.78, 5) is 27.9. The molecule has 2 unspecified atom stereocenters. The molecular formula is C16H32N4O3. The number of carbonyl (C=O) groups is 2. The van der Waals surface area contributed by atoms with Gasteiger partial charge >= 0.3 is 6.09 Å². The first-order chi connectivity index (χ1) is 10.7. The summed E-state index contributed by atoms with van der Waals surface area (Å²) >= 11 is 0. The molecular weight excluding hydrogens is 296 g/mol. The second-order valence-corrected chi connectivity index (χ2v) is 7.16. The quantitative estimate of drug-likeness (QED) is 0.779. The third kappa shape index (κ3) is 6.74. The number of hydrogen-bond donors (Lipinski definition) is 2. The predicted molar refractivity (Wildman–Crippen MR) is 90.1 cm³/mol. The highest BCUT2D eigenvalue weighted by molar-refractivity contribution is 5.78. The zero-order chi connectivity index (χ0) is 17.6. The molecule has 7 heteroatoms. The number of nitrogens with zero attached hydrogens (tertiary/aromatic N) is 2. The lowest BCUT2D eigenvalue weighted by molar-refractivity contribution is -0.124. The Labute approximate surface area is 139 Å². The van der Waals surface area contributed by atoms with Gasteiger partial charge in [-0.25, -0.2) is 4.79 Å². The molecule has 0 spiro atoms. The smallest absolute Gasteiger partial charge is 0.410 e. The standard InChI is InChI=1S/C16H32N4O3/c1-6-12(2)18-14(21)11-19-7-8-20(10-13(19)9-17)15(22)23-16(3,4)5/h12-13H,6-11,17H2,1-5H3,(H,18,21). The van der Waals surface area contributed by atoms with Crippen LogP contribution >= 0.6 is 0 Å². The maximum Gasteiger partial charge on any atom is 0.410 e. The fraction of sp³-hybridized carbons (Fsp3) is 0.875. The molecule has 0 aromatic heterocycles. The summed E-state index contributed by atoms with van der Waals surface area (Å²) in [6.45, 7) is 11.9. The van der Waals surface area contributed by atoms with Gasteiger partial charge in [0.05, 0.1) is 6.54 Å². The first kappa shape index (κ1) is 19.7. The molecule has 1 rings (SSSR count). The van der Waals surface area contributed by atoms with Gasteiger partial charge in [-0.3, -0.25) is 9.69 Å². The molecule has 1 fully saturated rings. The first-order valence-corrected chi connectivity index (χ1v) is 8.37. The van der Waals surface area contributed by atoms with Gasteiger partial charge in [0.1, 0.15) is 5.60 Å². The van der Waals surface area contributed by atoms with Gasteiger partial charge in [-0.1, -0.05) is 6.92 Å². The molecule has 0 saturated carbocycles. The van der Waals surface area contributed by atoms with Crippen molar-refractivity contribution in [1.29, 1.82) is 0 Å². The molecule has 1 aliphatic heterocycles. The summed E-state index contributed by atoms with van der Waals surface area (Å²) in [6.07, 6.45) is 0.582. The molecule has 1 aliphatic rings. The van der Waals surface area contributed by atoms with Gasteiger partial charge in [0.25, 0.3) is 0 Å². The zero-order valence-corrected chi connectivity index (χ0v) is 15.1. The van der Waals surface area contributed by atoms with E-state index in [1.165, 1.54) is 0 Å². The van der Waals surface area contributed by atoms with Crippen molar-refractivity contribution in [3.8, 4) is 0 Å². The summed E-state index contributed by atoms with van der Waals surface area (Å²) in [7, 11) is 0. The minimum Gasteiger partial charge on any atom is -0.444 e. The van der Waals surface area contributed by atoms with Gasteiger partial charge in [0, 0.05) is 38.3 Å². The van der Waals surface area contributed by atoms with E-state index in [-0.39, 0.29) is 24.1 Å². The summed E-state index contributed by atoms with van der Waals surface area (Å²) in [5, 5.41) is 2.96. The van der Waals surface area contributed by atoms with Crippen molar-refractivity contribution < 1.29 is 14.3 Å². The van der Waals surface area contributed by atoms with Crippen molar-refractivity contribution in [1.82, 2.24) is 15.1 Å². The molecule has 0 bridgehead atoms. The van der Waals surface area contributed by atoms with Crippen LogP contribution < -0.4 is 11.1 Å². The van der Waals surface area contributed by atoms with E-state index in [1.54, 1.807) is 4.90 Å². The van der Waals surface area contributed by atoms with Crippen molar-refractivity contribution in [3.05, 3.63) is 0 Å². The van der Waals surface area contributed by atoms with Crippen LogP contribution in [-0.4, -0.2) is 72.2 Å². The fourth-order valence-electron chi connectivity index (χ4n) is 2.42. The predicted octanol–water partition coefficient (Wildman–Crippen LogP) is 0.781. The fourth-order valence-corrected chi connectivity index (χ4v) is 2.42. The van der Waals surface area contributed by atoms with Gasteiger partial charge in [0.2, 0.25) is 5.91 Å². The van der Waals surface area contributed by atoms with E-state index in [0.29, 0.717) is 32.7 Å². The Balaban J connectivity index is 2.55. The van der Waals surface area contributed by atoms with Crippen molar-refractivity contribution in [2.75, 3.05) is 32.7 Å². The highest BCUT2D eigenvalue weighted by Gasteiger charge is 2.32. The summed E-state index contributed by atoms with van der Waals surface area (Å²) < 4.78 is 5.40. The lowest BCUT2D eigenvalue weighted by Crippen LogP contribution is -2.59. The zero-order valence-electron chi connectivity index (χ0n) is 15.1. The number of nitrogens with one attached hydrogen (secondary N) is 1.